The van der Waals surface area contributed by atoms with E-state index < -0.39 is 12.1 Å². The van der Waals surface area contributed by atoms with E-state index in [9.17, 15) is 18.0 Å². The highest BCUT2D eigenvalue weighted by Gasteiger charge is 2.39. The molecule has 154 valence electrons. The number of rotatable bonds is 5. The van der Waals surface area contributed by atoms with Gasteiger partial charge in [-0.1, -0.05) is 47.5 Å². The standard InChI is InChI=1S/C10H9ClF3NOS.C8H10ClNS/c1-17-5-6-3-2-4-7(11)8(6)15-9(16)10(12,13)14;1-11-5-6-3-2-4-7(9)8(6)10/h2-4H,5H2,1H3,(H,15,16);2-4H,5,10H2,1H3. The monoisotopic (exact) mass is 470 g/mol. The van der Waals surface area contributed by atoms with Gasteiger partial charge in [0.2, 0.25) is 0 Å². The minimum atomic E-state index is -4.92. The number of anilines is 2. The molecule has 0 spiro atoms. The number of carbonyl (C=O) groups excluding carboxylic acids is 1. The topological polar surface area (TPSA) is 55.1 Å². The number of halogens is 5. The highest BCUT2D eigenvalue weighted by Crippen LogP contribution is 2.30. The molecule has 2 aromatic rings. The van der Waals surface area contributed by atoms with Crippen molar-refractivity contribution in [1.29, 1.82) is 0 Å². The van der Waals surface area contributed by atoms with E-state index in [2.05, 4.69) is 0 Å². The molecular formula is C18H19Cl2F3N2OS2. The number of thioether (sulfide) groups is 2. The van der Waals surface area contributed by atoms with Crippen LogP contribution in [-0.2, 0) is 16.3 Å². The Hall–Kier alpha value is -1.22. The summed E-state index contributed by atoms with van der Waals surface area (Å²) in [5.74, 6) is -0.631. The first-order valence-corrected chi connectivity index (χ1v) is 11.3. The van der Waals surface area contributed by atoms with Crippen LogP contribution in [0.25, 0.3) is 0 Å². The predicted molar refractivity (Wildman–Crippen MR) is 116 cm³/mol. The molecule has 0 fully saturated rings. The van der Waals surface area contributed by atoms with Crippen molar-refractivity contribution in [2.45, 2.75) is 17.7 Å². The first-order valence-electron chi connectivity index (χ1n) is 7.78. The molecule has 0 aliphatic rings. The Morgan fingerprint density at radius 1 is 1.00 bits per heavy atom. The minimum Gasteiger partial charge on any atom is -0.397 e. The Kier molecular flexibility index (Phi) is 10.4. The summed E-state index contributed by atoms with van der Waals surface area (Å²) in [4.78, 5) is 10.8. The van der Waals surface area contributed by atoms with Gasteiger partial charge in [0.25, 0.3) is 0 Å². The lowest BCUT2D eigenvalue weighted by Crippen LogP contribution is -2.30. The predicted octanol–water partition coefficient (Wildman–Crippen LogP) is 6.49. The number of amides is 1. The first-order chi connectivity index (χ1) is 13.1. The zero-order valence-electron chi connectivity index (χ0n) is 15.1. The summed E-state index contributed by atoms with van der Waals surface area (Å²) < 4.78 is 36.4. The van der Waals surface area contributed by atoms with E-state index in [-0.39, 0.29) is 10.7 Å². The minimum absolute atomic E-state index is 0.0193. The largest absolute Gasteiger partial charge is 0.471 e. The average Bonchev–Trinajstić information content (AvgIpc) is 2.62. The smallest absolute Gasteiger partial charge is 0.397 e. The van der Waals surface area contributed by atoms with Gasteiger partial charge in [-0.3, -0.25) is 4.79 Å². The quantitative estimate of drug-likeness (QED) is 0.490. The molecule has 0 aliphatic heterocycles. The van der Waals surface area contributed by atoms with Crippen LogP contribution in [0.3, 0.4) is 0 Å². The second kappa shape index (κ2) is 11.7. The number of nitrogen functional groups attached to an aromatic ring is 1. The lowest BCUT2D eigenvalue weighted by molar-refractivity contribution is -0.167. The third kappa shape index (κ3) is 7.66. The van der Waals surface area contributed by atoms with Gasteiger partial charge >= 0.3 is 12.1 Å². The van der Waals surface area contributed by atoms with Crippen LogP contribution in [-0.4, -0.2) is 24.6 Å². The van der Waals surface area contributed by atoms with Crippen molar-refractivity contribution in [1.82, 2.24) is 0 Å². The molecule has 0 bridgehead atoms. The number of nitrogens with two attached hydrogens (primary N) is 1. The number of para-hydroxylation sites is 2. The number of carbonyl (C=O) groups is 1. The molecule has 1 amide bonds. The molecular weight excluding hydrogens is 452 g/mol. The normalized spacial score (nSPS) is 10.8. The van der Waals surface area contributed by atoms with E-state index in [0.29, 0.717) is 22.0 Å². The summed E-state index contributed by atoms with van der Waals surface area (Å²) in [6.07, 6.45) is -1.08. The van der Waals surface area contributed by atoms with Crippen LogP contribution in [0, 0.1) is 0 Å². The SMILES string of the molecule is CSCc1cccc(Cl)c1N.CSCc1cccc(Cl)c1NC(=O)C(F)(F)F. The molecule has 2 aromatic carbocycles. The fourth-order valence-corrected chi connectivity index (χ4v) is 3.58. The second-order valence-corrected chi connectivity index (χ2v) is 7.95. The molecule has 0 radical (unpaired) electrons. The van der Waals surface area contributed by atoms with Crippen LogP contribution in [0.15, 0.2) is 36.4 Å². The van der Waals surface area contributed by atoms with Gasteiger partial charge in [0, 0.05) is 11.5 Å². The summed E-state index contributed by atoms with van der Waals surface area (Å²) in [5, 5.41) is 2.54. The van der Waals surface area contributed by atoms with E-state index in [1.54, 1.807) is 41.5 Å². The number of nitrogens with one attached hydrogen (secondary N) is 1. The molecule has 0 saturated heterocycles. The molecule has 0 aromatic heterocycles. The zero-order chi connectivity index (χ0) is 21.3. The Morgan fingerprint density at radius 2 is 1.50 bits per heavy atom. The third-order valence-electron chi connectivity index (χ3n) is 3.34. The number of hydrogen-bond donors (Lipinski definition) is 2. The summed E-state index contributed by atoms with van der Waals surface area (Å²) in [5.41, 5.74) is 8.13. The van der Waals surface area contributed by atoms with Crippen molar-refractivity contribution in [3.8, 4) is 0 Å². The lowest BCUT2D eigenvalue weighted by atomic mass is 10.2. The van der Waals surface area contributed by atoms with Gasteiger partial charge in [-0.25, -0.2) is 0 Å². The lowest BCUT2D eigenvalue weighted by Gasteiger charge is -2.13. The maximum atomic E-state index is 12.1. The van der Waals surface area contributed by atoms with Gasteiger partial charge in [-0.05, 0) is 35.8 Å². The maximum absolute atomic E-state index is 12.1. The molecule has 0 saturated carbocycles. The zero-order valence-corrected chi connectivity index (χ0v) is 18.2. The van der Waals surface area contributed by atoms with Gasteiger partial charge in [0.05, 0.1) is 21.4 Å². The Bertz CT molecular complexity index is 805. The number of benzene rings is 2. The molecule has 0 atom stereocenters. The number of alkyl halides is 3. The Morgan fingerprint density at radius 3 is 2.04 bits per heavy atom. The van der Waals surface area contributed by atoms with Crippen molar-refractivity contribution >= 4 is 64.0 Å². The van der Waals surface area contributed by atoms with E-state index in [1.807, 2.05) is 18.4 Å². The van der Waals surface area contributed by atoms with E-state index >= 15 is 0 Å². The van der Waals surface area contributed by atoms with Crippen LogP contribution in [0.4, 0.5) is 24.5 Å². The highest BCUT2D eigenvalue weighted by atomic mass is 35.5. The second-order valence-electron chi connectivity index (χ2n) is 5.40. The first kappa shape index (κ1) is 24.8. The van der Waals surface area contributed by atoms with Crippen molar-refractivity contribution in [2.75, 3.05) is 23.6 Å². The molecule has 28 heavy (non-hydrogen) atoms. The molecule has 0 heterocycles. The number of hydrogen-bond acceptors (Lipinski definition) is 4. The summed E-state index contributed by atoms with van der Waals surface area (Å²) in [7, 11) is 0. The van der Waals surface area contributed by atoms with Gasteiger partial charge in [-0.15, -0.1) is 0 Å². The van der Waals surface area contributed by atoms with E-state index in [1.165, 1.54) is 17.8 Å². The Balaban J connectivity index is 0.000000307. The van der Waals surface area contributed by atoms with E-state index in [4.69, 9.17) is 28.9 Å². The third-order valence-corrected chi connectivity index (χ3v) is 5.18. The van der Waals surface area contributed by atoms with Crippen LogP contribution in [0.5, 0.6) is 0 Å². The molecule has 3 N–H and O–H groups in total. The average molecular weight is 471 g/mol. The molecule has 0 unspecified atom stereocenters. The van der Waals surface area contributed by atoms with Crippen LogP contribution >= 0.6 is 46.7 Å². The van der Waals surface area contributed by atoms with Crippen LogP contribution < -0.4 is 11.1 Å². The van der Waals surface area contributed by atoms with Crippen LogP contribution in [0.2, 0.25) is 10.0 Å². The van der Waals surface area contributed by atoms with Crippen molar-refractivity contribution < 1.29 is 18.0 Å². The van der Waals surface area contributed by atoms with Gasteiger partial charge in [-0.2, -0.15) is 36.7 Å². The summed E-state index contributed by atoms with van der Waals surface area (Å²) >= 11 is 14.7. The van der Waals surface area contributed by atoms with E-state index in [0.717, 1.165) is 11.3 Å². The molecule has 2 rings (SSSR count). The van der Waals surface area contributed by atoms with Gasteiger partial charge in [0.1, 0.15) is 0 Å². The van der Waals surface area contributed by atoms with Crippen molar-refractivity contribution in [3.05, 3.63) is 57.6 Å². The maximum Gasteiger partial charge on any atom is 0.471 e. The summed E-state index contributed by atoms with van der Waals surface area (Å²) in [6.45, 7) is 0. The Labute approximate surface area is 180 Å². The summed E-state index contributed by atoms with van der Waals surface area (Å²) in [6, 6.07) is 10.4. The van der Waals surface area contributed by atoms with Crippen LogP contribution in [0.1, 0.15) is 11.1 Å². The molecule has 0 aliphatic carbocycles. The highest BCUT2D eigenvalue weighted by molar-refractivity contribution is 7.98. The fourth-order valence-electron chi connectivity index (χ4n) is 2.03. The van der Waals surface area contributed by atoms with Crippen molar-refractivity contribution in [3.63, 3.8) is 0 Å². The van der Waals surface area contributed by atoms with Gasteiger partial charge in [0.15, 0.2) is 0 Å². The molecule has 3 nitrogen and oxygen atoms in total. The fraction of sp³-hybridized carbons (Fsp3) is 0.278. The van der Waals surface area contributed by atoms with Crippen molar-refractivity contribution in [2.24, 2.45) is 0 Å². The molecule has 10 heteroatoms. The van der Waals surface area contributed by atoms with Gasteiger partial charge < -0.3 is 11.1 Å².